The second-order valence-electron chi connectivity index (χ2n) is 7.49. The van der Waals surface area contributed by atoms with Crippen molar-refractivity contribution in [3.05, 3.63) is 40.9 Å². The molecule has 1 aromatic heterocycles. The van der Waals surface area contributed by atoms with Gasteiger partial charge in [-0.3, -0.25) is 4.79 Å². The summed E-state index contributed by atoms with van der Waals surface area (Å²) in [6, 6.07) is 3.10. The highest BCUT2D eigenvalue weighted by Crippen LogP contribution is 2.30. The van der Waals surface area contributed by atoms with Gasteiger partial charge >= 0.3 is 0 Å². The fraction of sp³-hybridized carbons (Fsp3) is 0.474. The molecule has 1 N–H and O–H groups in total. The number of carbonyl (C=O) groups excluding carboxylic acids is 1. The summed E-state index contributed by atoms with van der Waals surface area (Å²) in [7, 11) is -3.45. The van der Waals surface area contributed by atoms with Crippen LogP contribution in [0.4, 0.5) is 8.78 Å². The van der Waals surface area contributed by atoms with Crippen LogP contribution < -0.4 is 4.72 Å². The molecule has 0 spiro atoms. The molecular weight excluding hydrogens is 420 g/mol. The van der Waals surface area contributed by atoms with Gasteiger partial charge in [0.1, 0.15) is 5.01 Å². The van der Waals surface area contributed by atoms with E-state index in [-0.39, 0.29) is 17.4 Å². The van der Waals surface area contributed by atoms with Crippen LogP contribution in [0, 0.1) is 17.6 Å². The first-order valence-corrected chi connectivity index (χ1v) is 12.0. The molecule has 0 unspecified atom stereocenters. The first kappa shape index (κ1) is 21.8. The molecule has 29 heavy (non-hydrogen) atoms. The summed E-state index contributed by atoms with van der Waals surface area (Å²) in [6.45, 7) is 4.04. The predicted molar refractivity (Wildman–Crippen MR) is 108 cm³/mol. The first-order chi connectivity index (χ1) is 13.6. The van der Waals surface area contributed by atoms with Crippen LogP contribution in [0.1, 0.15) is 26.0 Å². The number of rotatable bonds is 6. The number of hydrogen-bond donors (Lipinski definition) is 1. The SMILES string of the molecule is CC(C)C(=O)N1CC[C@@H](NS(C)(=O)=O)[C@H]1Cc1csc(-c2cccc(F)c2F)n1. The number of thiazole rings is 1. The van der Waals surface area contributed by atoms with Crippen LogP contribution in [-0.2, 0) is 21.2 Å². The number of halogens is 2. The normalized spacial score (nSPS) is 19.9. The van der Waals surface area contributed by atoms with Gasteiger partial charge in [-0.25, -0.2) is 26.9 Å². The Hall–Kier alpha value is -1.91. The van der Waals surface area contributed by atoms with Crippen molar-refractivity contribution in [2.24, 2.45) is 5.92 Å². The lowest BCUT2D eigenvalue weighted by Gasteiger charge is -2.29. The fourth-order valence-electron chi connectivity index (χ4n) is 3.53. The zero-order chi connectivity index (χ0) is 21.3. The molecule has 2 aromatic rings. The third-order valence-electron chi connectivity index (χ3n) is 4.84. The van der Waals surface area contributed by atoms with Crippen molar-refractivity contribution >= 4 is 27.3 Å². The van der Waals surface area contributed by atoms with Gasteiger partial charge in [0.05, 0.1) is 18.0 Å². The van der Waals surface area contributed by atoms with Crippen molar-refractivity contribution in [1.82, 2.24) is 14.6 Å². The molecule has 0 radical (unpaired) electrons. The van der Waals surface area contributed by atoms with Gasteiger partial charge in [0.2, 0.25) is 15.9 Å². The summed E-state index contributed by atoms with van der Waals surface area (Å²) in [5, 5.41) is 2.07. The highest BCUT2D eigenvalue weighted by Gasteiger charge is 2.39. The Balaban J connectivity index is 1.87. The molecule has 1 aliphatic heterocycles. The monoisotopic (exact) mass is 443 g/mol. The summed E-state index contributed by atoms with van der Waals surface area (Å²) in [5.41, 5.74) is 0.677. The van der Waals surface area contributed by atoms with E-state index in [1.807, 2.05) is 0 Å². The van der Waals surface area contributed by atoms with E-state index in [0.717, 1.165) is 12.3 Å². The maximum atomic E-state index is 14.1. The van der Waals surface area contributed by atoms with E-state index in [9.17, 15) is 22.0 Å². The fourth-order valence-corrected chi connectivity index (χ4v) is 5.21. The van der Waals surface area contributed by atoms with E-state index in [1.165, 1.54) is 23.5 Å². The lowest BCUT2D eigenvalue weighted by Crippen LogP contribution is -2.48. The molecule has 0 bridgehead atoms. The third kappa shape index (κ3) is 4.99. The van der Waals surface area contributed by atoms with E-state index in [4.69, 9.17) is 0 Å². The zero-order valence-electron chi connectivity index (χ0n) is 16.4. The number of nitrogens with one attached hydrogen (secondary N) is 1. The maximum absolute atomic E-state index is 14.1. The van der Waals surface area contributed by atoms with Crippen LogP contribution in [0.5, 0.6) is 0 Å². The predicted octanol–water partition coefficient (Wildman–Crippen LogP) is 2.81. The molecule has 3 rings (SSSR count). The van der Waals surface area contributed by atoms with E-state index in [2.05, 4.69) is 9.71 Å². The second kappa shape index (κ2) is 8.45. The van der Waals surface area contributed by atoms with Crippen LogP contribution in [0.15, 0.2) is 23.6 Å². The van der Waals surface area contributed by atoms with Crippen molar-refractivity contribution in [3.8, 4) is 10.6 Å². The van der Waals surface area contributed by atoms with Gasteiger partial charge in [-0.1, -0.05) is 19.9 Å². The molecule has 2 atom stereocenters. The summed E-state index contributed by atoms with van der Waals surface area (Å²) in [6.07, 6.45) is 1.91. The molecule has 158 valence electrons. The van der Waals surface area contributed by atoms with Crippen LogP contribution in [0.3, 0.4) is 0 Å². The molecule has 10 heteroatoms. The minimum Gasteiger partial charge on any atom is -0.337 e. The van der Waals surface area contributed by atoms with Gasteiger partial charge in [0.25, 0.3) is 0 Å². The number of hydrogen-bond acceptors (Lipinski definition) is 5. The number of carbonyl (C=O) groups is 1. The summed E-state index contributed by atoms with van der Waals surface area (Å²) in [4.78, 5) is 18.7. The number of nitrogens with zero attached hydrogens (tertiary/aromatic N) is 2. The van der Waals surface area contributed by atoms with Crippen molar-refractivity contribution in [2.75, 3.05) is 12.8 Å². The minimum absolute atomic E-state index is 0.0561. The number of aromatic nitrogens is 1. The Bertz CT molecular complexity index is 1010. The Morgan fingerprint density at radius 3 is 2.76 bits per heavy atom. The van der Waals surface area contributed by atoms with Crippen molar-refractivity contribution < 1.29 is 22.0 Å². The molecule has 1 aromatic carbocycles. The van der Waals surface area contributed by atoms with Crippen molar-refractivity contribution in [2.45, 2.75) is 38.8 Å². The lowest BCUT2D eigenvalue weighted by molar-refractivity contribution is -0.135. The molecule has 1 fully saturated rings. The molecule has 1 saturated heterocycles. The summed E-state index contributed by atoms with van der Waals surface area (Å²) < 4.78 is 53.7. The van der Waals surface area contributed by atoms with Gasteiger partial charge in [0, 0.05) is 35.9 Å². The Labute approximate surface area is 173 Å². The average Bonchev–Trinajstić information content (AvgIpc) is 3.23. The average molecular weight is 444 g/mol. The van der Waals surface area contributed by atoms with Crippen molar-refractivity contribution in [1.29, 1.82) is 0 Å². The molecule has 0 saturated carbocycles. The molecule has 6 nitrogen and oxygen atoms in total. The minimum atomic E-state index is -3.45. The van der Waals surface area contributed by atoms with Gasteiger partial charge in [-0.05, 0) is 18.6 Å². The first-order valence-electron chi connectivity index (χ1n) is 9.23. The van der Waals surface area contributed by atoms with E-state index in [1.54, 1.807) is 24.1 Å². The third-order valence-corrected chi connectivity index (χ3v) is 6.50. The van der Waals surface area contributed by atoms with Crippen LogP contribution in [0.2, 0.25) is 0 Å². The van der Waals surface area contributed by atoms with Crippen molar-refractivity contribution in [3.63, 3.8) is 0 Å². The van der Waals surface area contributed by atoms with Gasteiger partial charge < -0.3 is 4.90 Å². The van der Waals surface area contributed by atoms with Crippen LogP contribution in [-0.4, -0.2) is 49.1 Å². The maximum Gasteiger partial charge on any atom is 0.225 e. The lowest BCUT2D eigenvalue weighted by atomic mass is 10.0. The van der Waals surface area contributed by atoms with Gasteiger partial charge in [-0.15, -0.1) is 11.3 Å². The smallest absolute Gasteiger partial charge is 0.225 e. The number of likely N-dealkylation sites (tertiary alicyclic amines) is 1. The molecular formula is C19H23F2N3O3S2. The van der Waals surface area contributed by atoms with Crippen LogP contribution in [0.25, 0.3) is 10.6 Å². The Morgan fingerprint density at radius 1 is 1.38 bits per heavy atom. The summed E-state index contributed by atoms with van der Waals surface area (Å²) in [5.74, 6) is -2.18. The number of amides is 1. The Kier molecular flexibility index (Phi) is 6.35. The number of benzene rings is 1. The molecule has 1 aliphatic rings. The highest BCUT2D eigenvalue weighted by atomic mass is 32.2. The van der Waals surface area contributed by atoms with Gasteiger partial charge in [0.15, 0.2) is 11.6 Å². The van der Waals surface area contributed by atoms with E-state index < -0.39 is 33.7 Å². The number of sulfonamides is 1. The topological polar surface area (TPSA) is 79.4 Å². The quantitative estimate of drug-likeness (QED) is 0.745. The zero-order valence-corrected chi connectivity index (χ0v) is 18.0. The van der Waals surface area contributed by atoms with Crippen LogP contribution >= 0.6 is 11.3 Å². The highest BCUT2D eigenvalue weighted by molar-refractivity contribution is 7.88. The second-order valence-corrected chi connectivity index (χ2v) is 10.1. The van der Waals surface area contributed by atoms with Gasteiger partial charge in [-0.2, -0.15) is 0 Å². The molecule has 1 amide bonds. The largest absolute Gasteiger partial charge is 0.337 e. The van der Waals surface area contributed by atoms with E-state index >= 15 is 0 Å². The van der Waals surface area contributed by atoms with E-state index in [0.29, 0.717) is 30.1 Å². The Morgan fingerprint density at radius 2 is 2.10 bits per heavy atom. The molecule has 0 aliphatic carbocycles. The summed E-state index contributed by atoms with van der Waals surface area (Å²) >= 11 is 1.18. The molecule has 2 heterocycles. The standard InChI is InChI=1S/C19H23F2N3O3S2/c1-11(2)19(25)24-8-7-15(23-29(3,26)27)16(24)9-12-10-28-18(22-12)13-5-4-6-14(20)17(13)21/h4-6,10-11,15-16,23H,7-9H2,1-3H3/t15-,16-/m1/s1.